The summed E-state index contributed by atoms with van der Waals surface area (Å²) in [5.41, 5.74) is 1.31. The van der Waals surface area contributed by atoms with Crippen molar-refractivity contribution in [1.82, 2.24) is 30.0 Å². The predicted octanol–water partition coefficient (Wildman–Crippen LogP) is 2.61. The van der Waals surface area contributed by atoms with Gasteiger partial charge < -0.3 is 4.90 Å². The van der Waals surface area contributed by atoms with E-state index >= 15 is 0 Å². The van der Waals surface area contributed by atoms with Gasteiger partial charge in [0.1, 0.15) is 0 Å². The van der Waals surface area contributed by atoms with Crippen molar-refractivity contribution in [2.24, 2.45) is 0 Å². The van der Waals surface area contributed by atoms with Crippen molar-refractivity contribution in [2.75, 3.05) is 26.2 Å². The number of hydrogen-bond donors (Lipinski definition) is 0. The summed E-state index contributed by atoms with van der Waals surface area (Å²) >= 11 is 3.10. The van der Waals surface area contributed by atoms with E-state index in [9.17, 15) is 4.79 Å². The Morgan fingerprint density at radius 3 is 2.62 bits per heavy atom. The fraction of sp³-hybridized carbons (Fsp3) is 0.400. The third-order valence-corrected chi connectivity index (χ3v) is 6.87. The van der Waals surface area contributed by atoms with Gasteiger partial charge in [-0.15, -0.1) is 16.4 Å². The van der Waals surface area contributed by atoms with E-state index < -0.39 is 0 Å². The number of nitrogens with zero attached hydrogens (tertiary/aromatic N) is 6. The first-order valence-corrected chi connectivity index (χ1v) is 11.5. The molecule has 3 aromatic rings. The highest BCUT2D eigenvalue weighted by Crippen LogP contribution is 2.23. The molecule has 1 atom stereocenters. The SMILES string of the molecule is CC(Sc1nnnn1Cc1cccs1)C(=O)N1CCN(Cc2ccccc2)CC1. The smallest absolute Gasteiger partial charge is 0.235 e. The number of tetrazole rings is 1. The van der Waals surface area contributed by atoms with Crippen LogP contribution in [0.3, 0.4) is 0 Å². The van der Waals surface area contributed by atoms with Crippen LogP contribution in [0, 0.1) is 0 Å². The van der Waals surface area contributed by atoms with Crippen LogP contribution in [0.2, 0.25) is 0 Å². The number of thioether (sulfide) groups is 1. The van der Waals surface area contributed by atoms with Gasteiger partial charge in [0.25, 0.3) is 0 Å². The molecule has 1 amide bonds. The van der Waals surface area contributed by atoms with Gasteiger partial charge in [-0.05, 0) is 34.4 Å². The molecule has 152 valence electrons. The van der Waals surface area contributed by atoms with E-state index in [2.05, 4.69) is 50.8 Å². The van der Waals surface area contributed by atoms with E-state index in [0.29, 0.717) is 11.7 Å². The van der Waals surface area contributed by atoms with Gasteiger partial charge in [0.05, 0.1) is 11.8 Å². The summed E-state index contributed by atoms with van der Waals surface area (Å²) < 4.78 is 1.76. The summed E-state index contributed by atoms with van der Waals surface area (Å²) in [7, 11) is 0. The summed E-state index contributed by atoms with van der Waals surface area (Å²) in [6.45, 7) is 6.82. The Bertz CT molecular complexity index is 906. The van der Waals surface area contributed by atoms with Gasteiger partial charge in [-0.2, -0.15) is 0 Å². The van der Waals surface area contributed by atoms with E-state index in [-0.39, 0.29) is 11.2 Å². The number of carbonyl (C=O) groups excluding carboxylic acids is 1. The van der Waals surface area contributed by atoms with Crippen molar-refractivity contribution in [3.8, 4) is 0 Å². The molecule has 0 bridgehead atoms. The zero-order valence-corrected chi connectivity index (χ0v) is 18.0. The molecule has 2 aromatic heterocycles. The lowest BCUT2D eigenvalue weighted by Gasteiger charge is -2.35. The molecule has 1 fully saturated rings. The van der Waals surface area contributed by atoms with Crippen molar-refractivity contribution in [2.45, 2.75) is 30.4 Å². The summed E-state index contributed by atoms with van der Waals surface area (Å²) in [6.07, 6.45) is 0. The summed E-state index contributed by atoms with van der Waals surface area (Å²) in [5.74, 6) is 0.153. The zero-order valence-electron chi connectivity index (χ0n) is 16.3. The third kappa shape index (κ3) is 5.23. The van der Waals surface area contributed by atoms with Crippen molar-refractivity contribution < 1.29 is 4.79 Å². The van der Waals surface area contributed by atoms with E-state index in [1.807, 2.05) is 29.3 Å². The van der Waals surface area contributed by atoms with Crippen molar-refractivity contribution in [1.29, 1.82) is 0 Å². The van der Waals surface area contributed by atoms with Crippen molar-refractivity contribution >= 4 is 29.0 Å². The maximum atomic E-state index is 12.9. The third-order valence-electron chi connectivity index (χ3n) is 4.95. The highest BCUT2D eigenvalue weighted by molar-refractivity contribution is 8.00. The van der Waals surface area contributed by atoms with Crippen LogP contribution in [0.15, 0.2) is 53.0 Å². The largest absolute Gasteiger partial charge is 0.339 e. The van der Waals surface area contributed by atoms with Crippen LogP contribution in [0.25, 0.3) is 0 Å². The maximum Gasteiger partial charge on any atom is 0.235 e. The van der Waals surface area contributed by atoms with Crippen LogP contribution in [-0.4, -0.2) is 67.3 Å². The fourth-order valence-electron chi connectivity index (χ4n) is 3.36. The van der Waals surface area contributed by atoms with E-state index in [0.717, 1.165) is 32.7 Å². The highest BCUT2D eigenvalue weighted by Gasteiger charge is 2.27. The fourth-order valence-corrected chi connectivity index (χ4v) is 4.92. The lowest BCUT2D eigenvalue weighted by Crippen LogP contribution is -2.50. The first-order chi connectivity index (χ1) is 14.2. The van der Waals surface area contributed by atoms with E-state index in [4.69, 9.17) is 0 Å². The minimum atomic E-state index is -0.219. The Hall–Kier alpha value is -2.23. The normalized spacial score (nSPS) is 16.1. The molecule has 4 rings (SSSR count). The average Bonchev–Trinajstić information content (AvgIpc) is 3.42. The van der Waals surface area contributed by atoms with Crippen LogP contribution < -0.4 is 0 Å². The molecule has 1 aliphatic rings. The van der Waals surface area contributed by atoms with Crippen LogP contribution in [0.4, 0.5) is 0 Å². The number of benzene rings is 1. The monoisotopic (exact) mass is 428 g/mol. The Balaban J connectivity index is 1.29. The molecule has 0 aliphatic carbocycles. The van der Waals surface area contributed by atoms with Crippen LogP contribution in [0.5, 0.6) is 0 Å². The molecule has 1 saturated heterocycles. The highest BCUT2D eigenvalue weighted by atomic mass is 32.2. The molecule has 0 N–H and O–H groups in total. The number of hydrogen-bond acceptors (Lipinski definition) is 7. The first-order valence-electron chi connectivity index (χ1n) is 9.69. The molecule has 7 nitrogen and oxygen atoms in total. The molecule has 0 radical (unpaired) electrons. The number of thiophene rings is 1. The number of aromatic nitrogens is 4. The number of rotatable bonds is 7. The quantitative estimate of drug-likeness (QED) is 0.539. The maximum absolute atomic E-state index is 12.9. The molecule has 0 spiro atoms. The van der Waals surface area contributed by atoms with Gasteiger partial charge in [-0.3, -0.25) is 9.69 Å². The Labute approximate surface area is 178 Å². The van der Waals surface area contributed by atoms with Crippen LogP contribution in [-0.2, 0) is 17.9 Å². The van der Waals surface area contributed by atoms with E-state index in [1.54, 1.807) is 16.0 Å². The second kappa shape index (κ2) is 9.51. The van der Waals surface area contributed by atoms with Gasteiger partial charge in [0.2, 0.25) is 11.1 Å². The second-order valence-electron chi connectivity index (χ2n) is 7.05. The molecule has 3 heterocycles. The molecular formula is C20H24N6OS2. The summed E-state index contributed by atoms with van der Waals surface area (Å²) in [4.78, 5) is 18.5. The van der Waals surface area contributed by atoms with Gasteiger partial charge >= 0.3 is 0 Å². The standard InChI is InChI=1S/C20H24N6OS2/c1-16(29-20-21-22-23-26(20)15-18-8-5-13-28-18)19(27)25-11-9-24(10-12-25)14-17-6-3-2-4-7-17/h2-8,13,16H,9-12,14-15H2,1H3. The van der Waals surface area contributed by atoms with Crippen molar-refractivity contribution in [3.05, 3.63) is 58.3 Å². The molecule has 9 heteroatoms. The lowest BCUT2D eigenvalue weighted by molar-refractivity contribution is -0.132. The second-order valence-corrected chi connectivity index (χ2v) is 9.39. The topological polar surface area (TPSA) is 67.2 Å². The molecule has 1 aromatic carbocycles. The van der Waals surface area contributed by atoms with Gasteiger partial charge in [-0.25, -0.2) is 4.68 Å². The lowest BCUT2D eigenvalue weighted by atomic mass is 10.2. The average molecular weight is 429 g/mol. The molecule has 1 unspecified atom stereocenters. The van der Waals surface area contributed by atoms with Gasteiger partial charge in [-0.1, -0.05) is 48.2 Å². The number of carbonyl (C=O) groups is 1. The predicted molar refractivity (Wildman–Crippen MR) is 115 cm³/mol. The van der Waals surface area contributed by atoms with Crippen LogP contribution >= 0.6 is 23.1 Å². The van der Waals surface area contributed by atoms with Crippen LogP contribution in [0.1, 0.15) is 17.4 Å². The summed E-state index contributed by atoms with van der Waals surface area (Å²) in [5, 5.41) is 14.5. The summed E-state index contributed by atoms with van der Waals surface area (Å²) in [6, 6.07) is 14.5. The molecule has 29 heavy (non-hydrogen) atoms. The number of amides is 1. The van der Waals surface area contributed by atoms with Crippen molar-refractivity contribution in [3.63, 3.8) is 0 Å². The Kier molecular flexibility index (Phi) is 6.58. The first kappa shape index (κ1) is 20.1. The number of piperazine rings is 1. The zero-order chi connectivity index (χ0) is 20.1. The Morgan fingerprint density at radius 1 is 1.10 bits per heavy atom. The minimum absolute atomic E-state index is 0.153. The molecule has 1 aliphatic heterocycles. The molecule has 0 saturated carbocycles. The van der Waals surface area contributed by atoms with Gasteiger partial charge in [0.15, 0.2) is 0 Å². The Morgan fingerprint density at radius 2 is 1.90 bits per heavy atom. The molecular weight excluding hydrogens is 404 g/mol. The van der Waals surface area contributed by atoms with E-state index in [1.165, 1.54) is 22.2 Å². The minimum Gasteiger partial charge on any atom is -0.339 e. The van der Waals surface area contributed by atoms with Gasteiger partial charge in [0, 0.05) is 37.6 Å².